The third kappa shape index (κ3) is 7.64. The predicted octanol–water partition coefficient (Wildman–Crippen LogP) is 5.74. The highest BCUT2D eigenvalue weighted by Crippen LogP contribution is 2.28. The van der Waals surface area contributed by atoms with Gasteiger partial charge < -0.3 is 10.2 Å². The van der Waals surface area contributed by atoms with Crippen LogP contribution in [0.5, 0.6) is 0 Å². The molecule has 0 bridgehead atoms. The Labute approximate surface area is 243 Å². The van der Waals surface area contributed by atoms with E-state index in [0.717, 1.165) is 23.1 Å². The van der Waals surface area contributed by atoms with Gasteiger partial charge in [0.1, 0.15) is 12.6 Å². The molecule has 2 amide bonds. The molecule has 7 nitrogen and oxygen atoms in total. The van der Waals surface area contributed by atoms with Gasteiger partial charge in [0, 0.05) is 18.1 Å². The molecule has 0 spiro atoms. The molecule has 0 saturated heterocycles. The number of hydrogen-bond donors (Lipinski definition) is 1. The van der Waals surface area contributed by atoms with Gasteiger partial charge in [-0.25, -0.2) is 8.42 Å². The maximum Gasteiger partial charge on any atom is 0.264 e. The third-order valence-corrected chi connectivity index (χ3v) is 8.76. The van der Waals surface area contributed by atoms with Crippen molar-refractivity contribution in [2.75, 3.05) is 17.4 Å². The zero-order valence-corrected chi connectivity index (χ0v) is 25.1. The Morgan fingerprint density at radius 3 is 2.17 bits per heavy atom. The molecule has 3 aromatic carbocycles. The number of anilines is 1. The average molecular weight is 584 g/mol. The van der Waals surface area contributed by atoms with Gasteiger partial charge in [0.05, 0.1) is 10.6 Å². The van der Waals surface area contributed by atoms with Gasteiger partial charge in [-0.05, 0) is 67.6 Å². The summed E-state index contributed by atoms with van der Waals surface area (Å²) in [5, 5.41) is 3.45. The number of amides is 2. The van der Waals surface area contributed by atoms with Crippen LogP contribution in [0.3, 0.4) is 0 Å². The SMILES string of the molecule is CCCNC(=O)C(CC)N(Cc1ccc(Cl)cc1)C(=O)CN(c1ccccc1CC)S(=O)(=O)c1ccc(C)cc1. The largest absolute Gasteiger partial charge is 0.354 e. The Kier molecular flexibility index (Phi) is 11.2. The quantitative estimate of drug-likeness (QED) is 0.278. The average Bonchev–Trinajstić information content (AvgIpc) is 2.95. The smallest absolute Gasteiger partial charge is 0.264 e. The van der Waals surface area contributed by atoms with Gasteiger partial charge in [-0.2, -0.15) is 0 Å². The van der Waals surface area contributed by atoms with Crippen molar-refractivity contribution < 1.29 is 18.0 Å². The first kappa shape index (κ1) is 31.2. The highest BCUT2D eigenvalue weighted by molar-refractivity contribution is 7.92. The lowest BCUT2D eigenvalue weighted by molar-refractivity contribution is -0.140. The highest BCUT2D eigenvalue weighted by Gasteiger charge is 2.34. The van der Waals surface area contributed by atoms with E-state index < -0.39 is 28.5 Å². The molecule has 3 rings (SSSR count). The van der Waals surface area contributed by atoms with Crippen LogP contribution in [0, 0.1) is 6.92 Å². The van der Waals surface area contributed by atoms with Gasteiger partial charge in [-0.15, -0.1) is 0 Å². The van der Waals surface area contributed by atoms with Crippen molar-refractivity contribution in [3.05, 3.63) is 94.5 Å². The minimum Gasteiger partial charge on any atom is -0.354 e. The number of halogens is 1. The molecular formula is C31H38ClN3O4S. The van der Waals surface area contributed by atoms with Gasteiger partial charge in [0.2, 0.25) is 11.8 Å². The van der Waals surface area contributed by atoms with E-state index in [0.29, 0.717) is 30.1 Å². The van der Waals surface area contributed by atoms with E-state index in [4.69, 9.17) is 11.6 Å². The van der Waals surface area contributed by atoms with Crippen LogP contribution in [-0.2, 0) is 32.6 Å². The van der Waals surface area contributed by atoms with Crippen molar-refractivity contribution in [1.82, 2.24) is 10.2 Å². The number of benzene rings is 3. The Balaban J connectivity index is 2.08. The van der Waals surface area contributed by atoms with E-state index in [1.807, 2.05) is 39.8 Å². The number of rotatable bonds is 13. The van der Waals surface area contributed by atoms with Crippen LogP contribution in [0.4, 0.5) is 5.69 Å². The molecular weight excluding hydrogens is 546 g/mol. The lowest BCUT2D eigenvalue weighted by Gasteiger charge is -2.33. The Morgan fingerprint density at radius 1 is 0.925 bits per heavy atom. The zero-order valence-electron chi connectivity index (χ0n) is 23.6. The van der Waals surface area contributed by atoms with E-state index in [-0.39, 0.29) is 17.3 Å². The summed E-state index contributed by atoms with van der Waals surface area (Å²) in [6.07, 6.45) is 1.70. The second kappa shape index (κ2) is 14.3. The summed E-state index contributed by atoms with van der Waals surface area (Å²) in [7, 11) is -4.11. The Morgan fingerprint density at radius 2 is 1.57 bits per heavy atom. The van der Waals surface area contributed by atoms with Gasteiger partial charge in [0.25, 0.3) is 10.0 Å². The van der Waals surface area contributed by atoms with E-state index in [1.54, 1.807) is 60.7 Å². The molecule has 214 valence electrons. The number of hydrogen-bond acceptors (Lipinski definition) is 4. The highest BCUT2D eigenvalue weighted by atomic mass is 35.5. The molecule has 40 heavy (non-hydrogen) atoms. The number of carbonyl (C=O) groups excluding carboxylic acids is 2. The molecule has 9 heteroatoms. The lowest BCUT2D eigenvalue weighted by Crippen LogP contribution is -2.52. The third-order valence-electron chi connectivity index (χ3n) is 6.73. The molecule has 1 atom stereocenters. The van der Waals surface area contributed by atoms with Crippen LogP contribution < -0.4 is 9.62 Å². The van der Waals surface area contributed by atoms with Crippen molar-refractivity contribution in [3.63, 3.8) is 0 Å². The number of nitrogens with one attached hydrogen (secondary N) is 1. The maximum atomic E-state index is 14.1. The monoisotopic (exact) mass is 583 g/mol. The molecule has 0 aliphatic rings. The first-order valence-corrected chi connectivity index (χ1v) is 15.4. The fraction of sp³-hybridized carbons (Fsp3) is 0.355. The molecule has 1 N–H and O–H groups in total. The van der Waals surface area contributed by atoms with Crippen LogP contribution in [0.2, 0.25) is 5.02 Å². The normalized spacial score (nSPS) is 12.0. The maximum absolute atomic E-state index is 14.1. The molecule has 0 saturated carbocycles. The summed E-state index contributed by atoms with van der Waals surface area (Å²) in [6.45, 7) is 7.77. The second-order valence-corrected chi connectivity index (χ2v) is 12.0. The first-order valence-electron chi connectivity index (χ1n) is 13.6. The molecule has 0 fully saturated rings. The summed E-state index contributed by atoms with van der Waals surface area (Å²) in [5.41, 5.74) is 2.94. The van der Waals surface area contributed by atoms with E-state index in [2.05, 4.69) is 5.32 Å². The second-order valence-electron chi connectivity index (χ2n) is 9.67. The minimum absolute atomic E-state index is 0.0915. The zero-order chi connectivity index (χ0) is 29.3. The van der Waals surface area contributed by atoms with Gasteiger partial charge in [-0.3, -0.25) is 13.9 Å². The first-order chi connectivity index (χ1) is 19.1. The predicted molar refractivity (Wildman–Crippen MR) is 161 cm³/mol. The standard InChI is InChI=1S/C31H38ClN3O4S/c1-5-20-33-31(37)28(7-3)34(21-24-14-16-26(32)17-15-24)30(36)22-35(29-11-9-8-10-25(29)6-2)40(38,39)27-18-12-23(4)13-19-27/h8-19,28H,5-7,20-22H2,1-4H3,(H,33,37). The molecule has 0 aliphatic heterocycles. The van der Waals surface area contributed by atoms with Crippen LogP contribution >= 0.6 is 11.6 Å². The molecule has 0 heterocycles. The minimum atomic E-state index is -4.11. The number of aryl methyl sites for hydroxylation is 2. The van der Waals surface area contributed by atoms with Crippen molar-refractivity contribution >= 4 is 39.1 Å². The molecule has 0 radical (unpaired) electrons. The number of sulfonamides is 1. The molecule has 0 aliphatic carbocycles. The van der Waals surface area contributed by atoms with E-state index in [9.17, 15) is 18.0 Å². The van der Waals surface area contributed by atoms with Crippen LogP contribution in [0.25, 0.3) is 0 Å². The van der Waals surface area contributed by atoms with Crippen LogP contribution in [0.15, 0.2) is 77.7 Å². The summed E-state index contributed by atoms with van der Waals surface area (Å²) < 4.78 is 29.3. The van der Waals surface area contributed by atoms with Crippen molar-refractivity contribution in [2.45, 2.75) is 64.4 Å². The van der Waals surface area contributed by atoms with Crippen LogP contribution in [-0.4, -0.2) is 44.3 Å². The number of carbonyl (C=O) groups is 2. The van der Waals surface area contributed by atoms with Gasteiger partial charge in [-0.1, -0.05) is 80.4 Å². The number of para-hydroxylation sites is 1. The van der Waals surface area contributed by atoms with Gasteiger partial charge in [0.15, 0.2) is 0 Å². The van der Waals surface area contributed by atoms with Crippen molar-refractivity contribution in [1.29, 1.82) is 0 Å². The molecule has 0 aromatic heterocycles. The topological polar surface area (TPSA) is 86.8 Å². The molecule has 3 aromatic rings. The lowest BCUT2D eigenvalue weighted by atomic mass is 10.1. The Bertz CT molecular complexity index is 1390. The molecule has 1 unspecified atom stereocenters. The number of nitrogens with zero attached hydrogens (tertiary/aromatic N) is 2. The Hall–Kier alpha value is -3.36. The fourth-order valence-corrected chi connectivity index (χ4v) is 6.05. The summed E-state index contributed by atoms with van der Waals surface area (Å²) in [6, 6.07) is 20.0. The van der Waals surface area contributed by atoms with E-state index in [1.165, 1.54) is 9.21 Å². The van der Waals surface area contributed by atoms with E-state index >= 15 is 0 Å². The van der Waals surface area contributed by atoms with Crippen LogP contribution in [0.1, 0.15) is 50.3 Å². The summed E-state index contributed by atoms with van der Waals surface area (Å²) in [5.74, 6) is -0.747. The summed E-state index contributed by atoms with van der Waals surface area (Å²) >= 11 is 6.07. The fourth-order valence-electron chi connectivity index (χ4n) is 4.48. The summed E-state index contributed by atoms with van der Waals surface area (Å²) in [4.78, 5) is 28.9. The van der Waals surface area contributed by atoms with Crippen molar-refractivity contribution in [3.8, 4) is 0 Å². The van der Waals surface area contributed by atoms with Crippen molar-refractivity contribution in [2.24, 2.45) is 0 Å². The van der Waals surface area contributed by atoms with Gasteiger partial charge >= 0.3 is 0 Å².